The van der Waals surface area contributed by atoms with Gasteiger partial charge in [0.15, 0.2) is 0 Å². The van der Waals surface area contributed by atoms with Crippen LogP contribution in [0.3, 0.4) is 0 Å². The Morgan fingerprint density at radius 1 is 1.19 bits per heavy atom. The predicted molar refractivity (Wildman–Crippen MR) is 85.9 cm³/mol. The minimum atomic E-state index is 0.00895. The zero-order valence-corrected chi connectivity index (χ0v) is 12.6. The number of fused-ring (bicyclic) bond motifs is 1. The number of benzene rings is 2. The van der Waals surface area contributed by atoms with Crippen molar-refractivity contribution in [3.8, 4) is 0 Å². The van der Waals surface area contributed by atoms with Crippen molar-refractivity contribution in [3.63, 3.8) is 0 Å². The van der Waals surface area contributed by atoms with Gasteiger partial charge in [0, 0.05) is 35.4 Å². The maximum atomic E-state index is 12.8. The molecular formula is C17H17ClN2O. The van der Waals surface area contributed by atoms with E-state index in [0.29, 0.717) is 17.1 Å². The topological polar surface area (TPSA) is 32.3 Å². The molecule has 1 aliphatic rings. The van der Waals surface area contributed by atoms with Crippen LogP contribution in [0.5, 0.6) is 0 Å². The van der Waals surface area contributed by atoms with Gasteiger partial charge in [-0.05, 0) is 42.8 Å². The lowest BCUT2D eigenvalue weighted by atomic mass is 10.1. The minimum Gasteiger partial charge on any atom is -0.308 e. The van der Waals surface area contributed by atoms with Crippen LogP contribution in [0, 0.1) is 0 Å². The van der Waals surface area contributed by atoms with Crippen LogP contribution < -0.4 is 10.2 Å². The lowest BCUT2D eigenvalue weighted by Gasteiger charge is -2.24. The lowest BCUT2D eigenvalue weighted by Crippen LogP contribution is -2.39. The number of hydrogen-bond acceptors (Lipinski definition) is 2. The maximum absolute atomic E-state index is 12.8. The number of nitrogens with one attached hydrogen (secondary N) is 1. The molecule has 2 aromatic rings. The normalized spacial score (nSPS) is 18.0. The molecule has 0 bridgehead atoms. The van der Waals surface area contributed by atoms with Crippen molar-refractivity contribution in [2.45, 2.75) is 19.5 Å². The summed E-state index contributed by atoms with van der Waals surface area (Å²) in [6.45, 7) is 3.52. The van der Waals surface area contributed by atoms with Crippen LogP contribution in [-0.2, 0) is 6.54 Å². The third-order valence-electron chi connectivity index (χ3n) is 3.72. The SMILES string of the molecule is CC1CN(C(=O)c2ccc(Cl)cc2)c2ccccc2CN1. The third kappa shape index (κ3) is 2.94. The van der Waals surface area contributed by atoms with Crippen molar-refractivity contribution < 1.29 is 4.79 Å². The van der Waals surface area contributed by atoms with E-state index in [4.69, 9.17) is 11.6 Å². The number of para-hydroxylation sites is 1. The molecule has 0 aliphatic carbocycles. The molecule has 1 N–H and O–H groups in total. The Morgan fingerprint density at radius 2 is 1.90 bits per heavy atom. The highest BCUT2D eigenvalue weighted by Crippen LogP contribution is 2.25. The van der Waals surface area contributed by atoms with Crippen molar-refractivity contribution >= 4 is 23.2 Å². The number of carbonyl (C=O) groups is 1. The number of anilines is 1. The number of halogens is 1. The molecule has 4 heteroatoms. The summed E-state index contributed by atoms with van der Waals surface area (Å²) in [5.74, 6) is 0.00895. The molecule has 0 spiro atoms. The van der Waals surface area contributed by atoms with Gasteiger partial charge in [0.1, 0.15) is 0 Å². The third-order valence-corrected chi connectivity index (χ3v) is 3.97. The molecule has 0 saturated carbocycles. The average molecular weight is 301 g/mol. The fourth-order valence-electron chi connectivity index (χ4n) is 2.59. The molecule has 108 valence electrons. The summed E-state index contributed by atoms with van der Waals surface area (Å²) >= 11 is 5.90. The number of rotatable bonds is 1. The van der Waals surface area contributed by atoms with Gasteiger partial charge in [-0.1, -0.05) is 29.8 Å². The van der Waals surface area contributed by atoms with E-state index >= 15 is 0 Å². The van der Waals surface area contributed by atoms with Crippen LogP contribution in [0.15, 0.2) is 48.5 Å². The van der Waals surface area contributed by atoms with Gasteiger partial charge in [0.25, 0.3) is 5.91 Å². The van der Waals surface area contributed by atoms with Gasteiger partial charge in [-0.3, -0.25) is 4.79 Å². The van der Waals surface area contributed by atoms with Crippen molar-refractivity contribution in [2.75, 3.05) is 11.4 Å². The molecule has 2 aromatic carbocycles. The highest BCUT2D eigenvalue weighted by Gasteiger charge is 2.24. The van der Waals surface area contributed by atoms with Crippen molar-refractivity contribution in [1.82, 2.24) is 5.32 Å². The fraction of sp³-hybridized carbons (Fsp3) is 0.235. The van der Waals surface area contributed by atoms with Gasteiger partial charge < -0.3 is 10.2 Å². The summed E-state index contributed by atoms with van der Waals surface area (Å²) in [5, 5.41) is 4.07. The van der Waals surface area contributed by atoms with E-state index in [-0.39, 0.29) is 11.9 Å². The van der Waals surface area contributed by atoms with Gasteiger partial charge in [-0.15, -0.1) is 0 Å². The standard InChI is InChI=1S/C17H17ClN2O/c1-12-11-20(16-5-3-2-4-14(16)10-19-12)17(21)13-6-8-15(18)9-7-13/h2-9,12,19H,10-11H2,1H3. The molecule has 1 heterocycles. The van der Waals surface area contributed by atoms with Gasteiger partial charge in [-0.25, -0.2) is 0 Å². The number of carbonyl (C=O) groups excluding carboxylic acids is 1. The summed E-state index contributed by atoms with van der Waals surface area (Å²) in [5.41, 5.74) is 2.78. The van der Waals surface area contributed by atoms with Crippen LogP contribution in [-0.4, -0.2) is 18.5 Å². The van der Waals surface area contributed by atoms with Gasteiger partial charge in [0.2, 0.25) is 0 Å². The van der Waals surface area contributed by atoms with Crippen LogP contribution in [0.2, 0.25) is 5.02 Å². The molecule has 1 atom stereocenters. The second-order valence-electron chi connectivity index (χ2n) is 5.33. The molecule has 0 saturated heterocycles. The summed E-state index contributed by atoms with van der Waals surface area (Å²) in [6, 6.07) is 15.3. The predicted octanol–water partition coefficient (Wildman–Crippen LogP) is 3.48. The number of nitrogens with zero attached hydrogens (tertiary/aromatic N) is 1. The van der Waals surface area contributed by atoms with Crippen molar-refractivity contribution in [3.05, 3.63) is 64.7 Å². The number of amides is 1. The molecule has 1 amide bonds. The zero-order valence-electron chi connectivity index (χ0n) is 11.8. The second kappa shape index (κ2) is 5.88. The first-order chi connectivity index (χ1) is 10.1. The van der Waals surface area contributed by atoms with Crippen molar-refractivity contribution in [2.24, 2.45) is 0 Å². The first-order valence-corrected chi connectivity index (χ1v) is 7.41. The maximum Gasteiger partial charge on any atom is 0.258 e. The first-order valence-electron chi connectivity index (χ1n) is 7.04. The Hall–Kier alpha value is -1.84. The monoisotopic (exact) mass is 300 g/mol. The van der Waals surface area contributed by atoms with Crippen LogP contribution in [0.4, 0.5) is 5.69 Å². The summed E-state index contributed by atoms with van der Waals surface area (Å²) in [6.07, 6.45) is 0. The Kier molecular flexibility index (Phi) is 3.95. The highest BCUT2D eigenvalue weighted by atomic mass is 35.5. The number of hydrogen-bond donors (Lipinski definition) is 1. The van der Waals surface area contributed by atoms with E-state index < -0.39 is 0 Å². The Balaban J connectivity index is 1.99. The van der Waals surface area contributed by atoms with Gasteiger partial charge >= 0.3 is 0 Å². The summed E-state index contributed by atoms with van der Waals surface area (Å²) < 4.78 is 0. The molecular weight excluding hydrogens is 284 g/mol. The molecule has 0 radical (unpaired) electrons. The average Bonchev–Trinajstić information content (AvgIpc) is 2.67. The Labute approximate surface area is 129 Å². The molecule has 1 unspecified atom stereocenters. The molecule has 1 aliphatic heterocycles. The van der Waals surface area contributed by atoms with E-state index in [0.717, 1.165) is 17.8 Å². The summed E-state index contributed by atoms with van der Waals surface area (Å²) in [7, 11) is 0. The quantitative estimate of drug-likeness (QED) is 0.874. The molecule has 21 heavy (non-hydrogen) atoms. The van der Waals surface area contributed by atoms with Gasteiger partial charge in [0.05, 0.1) is 0 Å². The summed E-state index contributed by atoms with van der Waals surface area (Å²) in [4.78, 5) is 14.7. The molecule has 3 nitrogen and oxygen atoms in total. The van der Waals surface area contributed by atoms with E-state index in [1.165, 1.54) is 0 Å². The van der Waals surface area contributed by atoms with E-state index in [9.17, 15) is 4.79 Å². The van der Waals surface area contributed by atoms with E-state index in [1.807, 2.05) is 23.1 Å². The minimum absolute atomic E-state index is 0.00895. The smallest absolute Gasteiger partial charge is 0.258 e. The first kappa shape index (κ1) is 14.1. The molecule has 3 rings (SSSR count). The Bertz CT molecular complexity index is 654. The highest BCUT2D eigenvalue weighted by molar-refractivity contribution is 6.30. The lowest BCUT2D eigenvalue weighted by molar-refractivity contribution is 0.0985. The fourth-order valence-corrected chi connectivity index (χ4v) is 2.71. The second-order valence-corrected chi connectivity index (χ2v) is 5.77. The van der Waals surface area contributed by atoms with E-state index in [2.05, 4.69) is 18.3 Å². The van der Waals surface area contributed by atoms with Crippen LogP contribution in [0.25, 0.3) is 0 Å². The Morgan fingerprint density at radius 3 is 2.67 bits per heavy atom. The van der Waals surface area contributed by atoms with E-state index in [1.54, 1.807) is 24.3 Å². The largest absolute Gasteiger partial charge is 0.308 e. The van der Waals surface area contributed by atoms with Crippen LogP contribution in [0.1, 0.15) is 22.8 Å². The zero-order chi connectivity index (χ0) is 14.8. The molecule has 0 aromatic heterocycles. The van der Waals surface area contributed by atoms with Crippen LogP contribution >= 0.6 is 11.6 Å². The molecule has 0 fully saturated rings. The van der Waals surface area contributed by atoms with Crippen molar-refractivity contribution in [1.29, 1.82) is 0 Å². The van der Waals surface area contributed by atoms with Gasteiger partial charge in [-0.2, -0.15) is 0 Å².